The summed E-state index contributed by atoms with van der Waals surface area (Å²) in [5.74, 6) is 0.0679. The van der Waals surface area contributed by atoms with Crippen LogP contribution in [0.25, 0.3) is 0 Å². The highest BCUT2D eigenvalue weighted by Crippen LogP contribution is 2.46. The molecule has 0 N–H and O–H groups in total. The Balaban J connectivity index is 1.84. The number of allylic oxidation sites excluding steroid dienone is 2. The zero-order valence-electron chi connectivity index (χ0n) is 15.2. The van der Waals surface area contributed by atoms with E-state index in [-0.39, 0.29) is 16.4 Å². The maximum Gasteiger partial charge on any atom is 0.210 e. The van der Waals surface area contributed by atoms with Crippen LogP contribution in [0.2, 0.25) is 0 Å². The molecule has 3 rings (SSSR count). The third-order valence-corrected chi connectivity index (χ3v) is 5.79. The summed E-state index contributed by atoms with van der Waals surface area (Å²) < 4.78 is 1.70. The third kappa shape index (κ3) is 3.08. The van der Waals surface area contributed by atoms with Crippen LogP contribution in [-0.4, -0.2) is 38.3 Å². The first-order valence-electron chi connectivity index (χ1n) is 8.38. The Labute approximate surface area is 152 Å². The van der Waals surface area contributed by atoms with E-state index in [1.165, 1.54) is 17.3 Å². The Bertz CT molecular complexity index is 826. The van der Waals surface area contributed by atoms with Crippen molar-refractivity contribution in [2.75, 3.05) is 11.9 Å². The number of para-hydroxylation sites is 1. The number of benzene rings is 1. The standard InChI is InChI=1S/C18H23N5OS/c1-6-23-17(19-20-21-23)25-12(2)15(24)11-16-18(3,4)13-9-7-8-10-14(13)22(16)5/h7-12H,6H2,1-5H3/b16-11+. The van der Waals surface area contributed by atoms with Crippen molar-refractivity contribution in [3.63, 3.8) is 0 Å². The number of hydrogen-bond donors (Lipinski definition) is 0. The van der Waals surface area contributed by atoms with Gasteiger partial charge in [-0.05, 0) is 35.9 Å². The predicted octanol–water partition coefficient (Wildman–Crippen LogP) is 3.05. The molecular weight excluding hydrogens is 334 g/mol. The highest BCUT2D eigenvalue weighted by atomic mass is 32.2. The summed E-state index contributed by atoms with van der Waals surface area (Å²) in [6.45, 7) is 8.87. The summed E-state index contributed by atoms with van der Waals surface area (Å²) in [6, 6.07) is 8.29. The number of tetrazole rings is 1. The second-order valence-electron chi connectivity index (χ2n) is 6.67. The van der Waals surface area contributed by atoms with Gasteiger partial charge in [0.25, 0.3) is 0 Å². The van der Waals surface area contributed by atoms with E-state index < -0.39 is 0 Å². The summed E-state index contributed by atoms with van der Waals surface area (Å²) in [5, 5.41) is 12.0. The minimum absolute atomic E-state index is 0.0679. The second-order valence-corrected chi connectivity index (χ2v) is 7.98. The van der Waals surface area contributed by atoms with Gasteiger partial charge in [-0.2, -0.15) is 0 Å². The van der Waals surface area contributed by atoms with Gasteiger partial charge in [0, 0.05) is 36.5 Å². The molecule has 1 aromatic heterocycles. The molecule has 1 aliphatic rings. The van der Waals surface area contributed by atoms with Gasteiger partial charge >= 0.3 is 0 Å². The summed E-state index contributed by atoms with van der Waals surface area (Å²) in [7, 11) is 2.02. The highest BCUT2D eigenvalue weighted by Gasteiger charge is 2.38. The molecule has 0 fully saturated rings. The SMILES string of the molecule is CCn1nnnc1SC(C)C(=O)/C=C1/N(C)c2ccccc2C1(C)C. The van der Waals surface area contributed by atoms with Crippen LogP contribution in [0.1, 0.15) is 33.3 Å². The number of aryl methyl sites for hydroxylation is 1. The van der Waals surface area contributed by atoms with E-state index in [0.717, 1.165) is 11.4 Å². The number of aromatic nitrogens is 4. The van der Waals surface area contributed by atoms with E-state index in [2.05, 4.69) is 46.4 Å². The molecule has 0 spiro atoms. The van der Waals surface area contributed by atoms with Gasteiger partial charge in [0.15, 0.2) is 5.78 Å². The molecule has 2 aromatic rings. The molecule has 0 bridgehead atoms. The lowest BCUT2D eigenvalue weighted by Gasteiger charge is -2.24. The molecule has 1 aliphatic heterocycles. The van der Waals surface area contributed by atoms with Crippen LogP contribution in [0.3, 0.4) is 0 Å². The van der Waals surface area contributed by atoms with Crippen molar-refractivity contribution in [2.24, 2.45) is 0 Å². The summed E-state index contributed by atoms with van der Waals surface area (Å²) in [4.78, 5) is 14.9. The van der Waals surface area contributed by atoms with E-state index in [0.29, 0.717) is 11.7 Å². The fraction of sp³-hybridized carbons (Fsp3) is 0.444. The first-order chi connectivity index (χ1) is 11.9. The number of rotatable bonds is 5. The Hall–Kier alpha value is -2.15. The maximum absolute atomic E-state index is 12.8. The van der Waals surface area contributed by atoms with Crippen LogP contribution in [0, 0.1) is 0 Å². The average molecular weight is 357 g/mol. The predicted molar refractivity (Wildman–Crippen MR) is 99.8 cm³/mol. The number of thioether (sulfide) groups is 1. The molecule has 0 saturated carbocycles. The number of carbonyl (C=O) groups is 1. The molecule has 6 nitrogen and oxygen atoms in total. The van der Waals surface area contributed by atoms with Crippen LogP contribution < -0.4 is 4.90 Å². The molecule has 0 radical (unpaired) electrons. The molecule has 1 unspecified atom stereocenters. The number of carbonyl (C=O) groups excluding carboxylic acids is 1. The number of likely N-dealkylation sites (N-methyl/N-ethyl adjacent to an activating group) is 1. The lowest BCUT2D eigenvalue weighted by Crippen LogP contribution is -2.25. The van der Waals surface area contributed by atoms with E-state index in [1.807, 2.05) is 33.0 Å². The normalized spacial score (nSPS) is 18.4. The van der Waals surface area contributed by atoms with Gasteiger partial charge in [-0.1, -0.05) is 43.8 Å². The number of fused-ring (bicyclic) bond motifs is 1. The zero-order chi connectivity index (χ0) is 18.2. The zero-order valence-corrected chi connectivity index (χ0v) is 16.0. The van der Waals surface area contributed by atoms with Gasteiger partial charge in [0.1, 0.15) is 0 Å². The Morgan fingerprint density at radius 1 is 1.36 bits per heavy atom. The third-order valence-electron chi connectivity index (χ3n) is 4.70. The fourth-order valence-corrected chi connectivity index (χ4v) is 4.08. The maximum atomic E-state index is 12.8. The van der Waals surface area contributed by atoms with Gasteiger partial charge in [0.05, 0.1) is 5.25 Å². The van der Waals surface area contributed by atoms with Crippen LogP contribution >= 0.6 is 11.8 Å². The van der Waals surface area contributed by atoms with Gasteiger partial charge in [-0.25, -0.2) is 4.68 Å². The van der Waals surface area contributed by atoms with E-state index in [4.69, 9.17) is 0 Å². The summed E-state index contributed by atoms with van der Waals surface area (Å²) in [5.41, 5.74) is 3.21. The molecule has 7 heteroatoms. The molecule has 0 amide bonds. The molecular formula is C18H23N5OS. The Morgan fingerprint density at radius 3 is 2.76 bits per heavy atom. The van der Waals surface area contributed by atoms with Crippen molar-refractivity contribution < 1.29 is 4.79 Å². The van der Waals surface area contributed by atoms with Crippen molar-refractivity contribution >= 4 is 23.2 Å². The lowest BCUT2D eigenvalue weighted by atomic mass is 9.83. The average Bonchev–Trinajstić information content (AvgIpc) is 3.12. The van der Waals surface area contributed by atoms with Crippen LogP contribution in [-0.2, 0) is 16.8 Å². The minimum Gasteiger partial charge on any atom is -0.347 e. The van der Waals surface area contributed by atoms with E-state index in [1.54, 1.807) is 10.8 Å². The Morgan fingerprint density at radius 2 is 2.08 bits per heavy atom. The van der Waals surface area contributed by atoms with E-state index in [9.17, 15) is 4.79 Å². The van der Waals surface area contributed by atoms with Crippen molar-refractivity contribution in [1.82, 2.24) is 20.2 Å². The van der Waals surface area contributed by atoms with Crippen LogP contribution in [0.5, 0.6) is 0 Å². The summed E-state index contributed by atoms with van der Waals surface area (Å²) >= 11 is 1.39. The van der Waals surface area contributed by atoms with Crippen molar-refractivity contribution in [3.05, 3.63) is 41.6 Å². The molecule has 1 aromatic carbocycles. The smallest absolute Gasteiger partial charge is 0.210 e. The highest BCUT2D eigenvalue weighted by molar-refractivity contribution is 8.00. The number of hydrogen-bond acceptors (Lipinski definition) is 6. The van der Waals surface area contributed by atoms with Crippen molar-refractivity contribution in [3.8, 4) is 0 Å². The quantitative estimate of drug-likeness (QED) is 0.605. The largest absolute Gasteiger partial charge is 0.347 e. The first kappa shape index (κ1) is 17.7. The molecule has 0 aliphatic carbocycles. The molecule has 1 atom stereocenters. The van der Waals surface area contributed by atoms with E-state index >= 15 is 0 Å². The topological polar surface area (TPSA) is 63.9 Å². The number of ketones is 1. The first-order valence-corrected chi connectivity index (χ1v) is 9.26. The molecule has 25 heavy (non-hydrogen) atoms. The van der Waals surface area contributed by atoms with Gasteiger partial charge in [-0.3, -0.25) is 4.79 Å². The van der Waals surface area contributed by atoms with Crippen LogP contribution in [0.15, 0.2) is 41.2 Å². The van der Waals surface area contributed by atoms with Gasteiger partial charge in [0.2, 0.25) is 5.16 Å². The number of anilines is 1. The van der Waals surface area contributed by atoms with Gasteiger partial charge in [-0.15, -0.1) is 5.10 Å². The van der Waals surface area contributed by atoms with Crippen LogP contribution in [0.4, 0.5) is 5.69 Å². The lowest BCUT2D eigenvalue weighted by molar-refractivity contribution is -0.114. The van der Waals surface area contributed by atoms with Crippen molar-refractivity contribution in [1.29, 1.82) is 0 Å². The fourth-order valence-electron chi connectivity index (χ4n) is 3.21. The molecule has 2 heterocycles. The molecule has 132 valence electrons. The van der Waals surface area contributed by atoms with Gasteiger partial charge < -0.3 is 4.90 Å². The summed E-state index contributed by atoms with van der Waals surface area (Å²) in [6.07, 6.45) is 1.78. The second kappa shape index (κ2) is 6.63. The Kier molecular flexibility index (Phi) is 4.69. The van der Waals surface area contributed by atoms with Crippen molar-refractivity contribution in [2.45, 2.75) is 50.1 Å². The minimum atomic E-state index is -0.253. The monoisotopic (exact) mass is 357 g/mol. The molecule has 0 saturated heterocycles. The number of nitrogens with zero attached hydrogens (tertiary/aromatic N) is 5.